The first-order chi connectivity index (χ1) is 7.24. The highest BCUT2D eigenvalue weighted by Crippen LogP contribution is 2.29. The molecule has 0 amide bonds. The van der Waals surface area contributed by atoms with Gasteiger partial charge in [0.1, 0.15) is 5.71 Å². The van der Waals surface area contributed by atoms with Crippen molar-refractivity contribution in [3.8, 4) is 0 Å². The van der Waals surface area contributed by atoms with Gasteiger partial charge in [-0.3, -0.25) is 4.79 Å². The van der Waals surface area contributed by atoms with E-state index in [-0.39, 0.29) is 5.78 Å². The number of allylic oxidation sites excluding steroid dienone is 1. The normalized spacial score (nSPS) is 30.2. The van der Waals surface area contributed by atoms with Gasteiger partial charge >= 0.3 is 0 Å². The molecule has 0 radical (unpaired) electrons. The van der Waals surface area contributed by atoms with Crippen LogP contribution in [0, 0.1) is 5.92 Å². The molecule has 2 rings (SSSR count). The molecule has 1 fully saturated rings. The lowest BCUT2D eigenvalue weighted by Gasteiger charge is -2.35. The van der Waals surface area contributed by atoms with Crippen LogP contribution in [0.5, 0.6) is 0 Å². The van der Waals surface area contributed by atoms with Gasteiger partial charge in [0.25, 0.3) is 0 Å². The van der Waals surface area contributed by atoms with Gasteiger partial charge in [0.05, 0.1) is 0 Å². The van der Waals surface area contributed by atoms with E-state index < -0.39 is 0 Å². The smallest absolute Gasteiger partial charge is 0.203 e. The van der Waals surface area contributed by atoms with Crippen molar-refractivity contribution >= 4 is 11.5 Å². The molecule has 82 valence electrons. The summed E-state index contributed by atoms with van der Waals surface area (Å²) in [7, 11) is 0. The maximum atomic E-state index is 11.5. The Hall–Kier alpha value is -1.16. The summed E-state index contributed by atoms with van der Waals surface area (Å²) in [4.78, 5) is 13.8. The van der Waals surface area contributed by atoms with Crippen LogP contribution in [0.15, 0.2) is 16.8 Å². The summed E-state index contributed by atoms with van der Waals surface area (Å²) >= 11 is 0. The second kappa shape index (κ2) is 4.14. The summed E-state index contributed by atoms with van der Waals surface area (Å²) < 4.78 is 0. The molecule has 1 aliphatic heterocycles. The van der Waals surface area contributed by atoms with Crippen molar-refractivity contribution in [2.24, 2.45) is 11.1 Å². The van der Waals surface area contributed by atoms with Gasteiger partial charge in [0.15, 0.2) is 0 Å². The van der Waals surface area contributed by atoms with Crippen molar-refractivity contribution in [2.75, 3.05) is 19.6 Å². The minimum absolute atomic E-state index is 0.117. The van der Waals surface area contributed by atoms with Gasteiger partial charge in [0, 0.05) is 19.5 Å². The van der Waals surface area contributed by atoms with E-state index in [9.17, 15) is 4.79 Å². The number of piperidine rings is 1. The molecule has 2 aliphatic rings. The van der Waals surface area contributed by atoms with E-state index >= 15 is 0 Å². The van der Waals surface area contributed by atoms with Crippen LogP contribution in [0.1, 0.15) is 19.8 Å². The van der Waals surface area contributed by atoms with Crippen molar-refractivity contribution in [1.29, 1.82) is 0 Å². The van der Waals surface area contributed by atoms with Crippen LogP contribution in [0.2, 0.25) is 0 Å². The SMILES string of the molecule is CCN1CCC2=CC(=O)C(=NO)CC2C1. The molecule has 1 unspecified atom stereocenters. The van der Waals surface area contributed by atoms with Crippen molar-refractivity contribution in [3.63, 3.8) is 0 Å². The molecular formula is C11H16N2O2. The lowest BCUT2D eigenvalue weighted by Crippen LogP contribution is -2.40. The van der Waals surface area contributed by atoms with E-state index in [0.29, 0.717) is 18.1 Å². The third kappa shape index (κ3) is 1.95. The molecule has 15 heavy (non-hydrogen) atoms. The van der Waals surface area contributed by atoms with Crippen molar-refractivity contribution in [3.05, 3.63) is 11.6 Å². The number of carbonyl (C=O) groups excluding carboxylic acids is 1. The minimum Gasteiger partial charge on any atom is -0.411 e. The summed E-state index contributed by atoms with van der Waals surface area (Å²) in [5.74, 6) is 0.260. The zero-order valence-corrected chi connectivity index (χ0v) is 8.94. The average molecular weight is 208 g/mol. The molecule has 4 nitrogen and oxygen atoms in total. The van der Waals surface area contributed by atoms with Gasteiger partial charge in [-0.2, -0.15) is 0 Å². The molecule has 1 heterocycles. The maximum Gasteiger partial charge on any atom is 0.203 e. The number of fused-ring (bicyclic) bond motifs is 1. The first-order valence-corrected chi connectivity index (χ1v) is 5.42. The second-order valence-electron chi connectivity index (χ2n) is 4.17. The summed E-state index contributed by atoms with van der Waals surface area (Å²) in [5, 5.41) is 11.8. The fraction of sp³-hybridized carbons (Fsp3) is 0.636. The fourth-order valence-corrected chi connectivity index (χ4v) is 2.36. The maximum absolute atomic E-state index is 11.5. The summed E-state index contributed by atoms with van der Waals surface area (Å²) in [6.07, 6.45) is 3.23. The Morgan fingerprint density at radius 1 is 1.67 bits per heavy atom. The number of carbonyl (C=O) groups is 1. The molecule has 1 saturated heterocycles. The number of nitrogens with zero attached hydrogens (tertiary/aromatic N) is 2. The van der Waals surface area contributed by atoms with Gasteiger partial charge in [-0.15, -0.1) is 0 Å². The Bertz CT molecular complexity index is 333. The quantitative estimate of drug-likeness (QED) is 0.518. The number of rotatable bonds is 1. The van der Waals surface area contributed by atoms with E-state index in [1.54, 1.807) is 6.08 Å². The Balaban J connectivity index is 2.17. The van der Waals surface area contributed by atoms with Gasteiger partial charge in [-0.1, -0.05) is 17.7 Å². The van der Waals surface area contributed by atoms with E-state index in [2.05, 4.69) is 17.0 Å². The van der Waals surface area contributed by atoms with Gasteiger partial charge < -0.3 is 10.1 Å². The van der Waals surface area contributed by atoms with E-state index in [1.165, 1.54) is 5.57 Å². The summed E-state index contributed by atoms with van der Waals surface area (Å²) in [6.45, 7) is 5.21. The molecule has 0 bridgehead atoms. The van der Waals surface area contributed by atoms with E-state index in [1.807, 2.05) is 0 Å². The topological polar surface area (TPSA) is 52.9 Å². The van der Waals surface area contributed by atoms with Crippen LogP contribution in [-0.4, -0.2) is 41.2 Å². The molecule has 0 aromatic rings. The van der Waals surface area contributed by atoms with Crippen molar-refractivity contribution < 1.29 is 10.0 Å². The van der Waals surface area contributed by atoms with Crippen LogP contribution < -0.4 is 0 Å². The summed E-state index contributed by atoms with van der Waals surface area (Å²) in [5.41, 5.74) is 1.54. The highest BCUT2D eigenvalue weighted by Gasteiger charge is 2.30. The Morgan fingerprint density at radius 3 is 3.13 bits per heavy atom. The Kier molecular flexibility index (Phi) is 2.86. The predicted molar refractivity (Wildman–Crippen MR) is 57.1 cm³/mol. The minimum atomic E-state index is -0.117. The van der Waals surface area contributed by atoms with Crippen LogP contribution in [0.4, 0.5) is 0 Å². The fourth-order valence-electron chi connectivity index (χ4n) is 2.36. The van der Waals surface area contributed by atoms with Crippen molar-refractivity contribution in [1.82, 2.24) is 4.90 Å². The number of likely N-dealkylation sites (tertiary alicyclic amines) is 1. The number of oxime groups is 1. The Morgan fingerprint density at radius 2 is 2.47 bits per heavy atom. The molecule has 0 aromatic heterocycles. The van der Waals surface area contributed by atoms with Gasteiger partial charge in [-0.25, -0.2) is 0 Å². The number of hydrogen-bond donors (Lipinski definition) is 1. The lowest BCUT2D eigenvalue weighted by molar-refractivity contribution is -0.109. The molecule has 0 spiro atoms. The van der Waals surface area contributed by atoms with Gasteiger partial charge in [-0.05, 0) is 25.0 Å². The Labute approximate surface area is 89.3 Å². The molecule has 1 aliphatic carbocycles. The largest absolute Gasteiger partial charge is 0.411 e. The molecule has 0 saturated carbocycles. The van der Waals surface area contributed by atoms with Crippen LogP contribution in [-0.2, 0) is 4.79 Å². The second-order valence-corrected chi connectivity index (χ2v) is 4.17. The summed E-state index contributed by atoms with van der Waals surface area (Å²) in [6, 6.07) is 0. The molecule has 4 heteroatoms. The zero-order valence-electron chi connectivity index (χ0n) is 8.94. The van der Waals surface area contributed by atoms with Crippen LogP contribution in [0.25, 0.3) is 0 Å². The van der Waals surface area contributed by atoms with Crippen LogP contribution >= 0.6 is 0 Å². The standard InChI is InChI=1S/C11H16N2O2/c1-2-13-4-3-8-6-11(14)10(12-15)5-9(8)7-13/h6,9,15H,2-5,7H2,1H3. The van der Waals surface area contributed by atoms with Crippen LogP contribution in [0.3, 0.4) is 0 Å². The first-order valence-electron chi connectivity index (χ1n) is 5.42. The predicted octanol–water partition coefficient (Wildman–Crippen LogP) is 1.06. The zero-order chi connectivity index (χ0) is 10.8. The highest BCUT2D eigenvalue weighted by atomic mass is 16.4. The third-order valence-corrected chi connectivity index (χ3v) is 3.33. The molecule has 1 atom stereocenters. The van der Waals surface area contributed by atoms with E-state index in [4.69, 9.17) is 5.21 Å². The molecule has 0 aromatic carbocycles. The first kappa shape index (κ1) is 10.4. The molecule has 1 N–H and O–H groups in total. The third-order valence-electron chi connectivity index (χ3n) is 3.33. The van der Waals surface area contributed by atoms with Gasteiger partial charge in [0.2, 0.25) is 5.78 Å². The monoisotopic (exact) mass is 208 g/mol. The highest BCUT2D eigenvalue weighted by molar-refractivity contribution is 6.44. The average Bonchev–Trinajstić information content (AvgIpc) is 2.27. The van der Waals surface area contributed by atoms with E-state index in [0.717, 1.165) is 26.1 Å². The van der Waals surface area contributed by atoms with Crippen molar-refractivity contribution in [2.45, 2.75) is 19.8 Å². The molecular weight excluding hydrogens is 192 g/mol. The lowest BCUT2D eigenvalue weighted by atomic mass is 9.81. The number of ketones is 1. The number of hydrogen-bond acceptors (Lipinski definition) is 4.